The smallest absolute Gasteiger partial charge is 0.270 e. The van der Waals surface area contributed by atoms with Gasteiger partial charge in [0, 0.05) is 32.6 Å². The maximum Gasteiger partial charge on any atom is 0.270 e. The van der Waals surface area contributed by atoms with Gasteiger partial charge in [0.05, 0.1) is 17.8 Å². The molecule has 1 aliphatic rings. The van der Waals surface area contributed by atoms with Crippen LogP contribution in [-0.2, 0) is 4.74 Å². The van der Waals surface area contributed by atoms with Crippen molar-refractivity contribution in [2.24, 2.45) is 0 Å². The zero-order valence-corrected chi connectivity index (χ0v) is 11.5. The molecule has 0 spiro atoms. The number of rotatable bonds is 3. The quantitative estimate of drug-likeness (QED) is 0.807. The minimum absolute atomic E-state index is 0.00318. The lowest BCUT2D eigenvalue weighted by Crippen LogP contribution is -2.44. The number of aryl methyl sites for hydroxylation is 1. The molecule has 1 amide bonds. The first-order chi connectivity index (χ1) is 9.70. The average molecular weight is 275 g/mol. The summed E-state index contributed by atoms with van der Waals surface area (Å²) in [5, 5.41) is 6.20. The lowest BCUT2D eigenvalue weighted by atomic mass is 10.2. The molecule has 1 aliphatic heterocycles. The third-order valence-electron chi connectivity index (χ3n) is 3.57. The van der Waals surface area contributed by atoms with E-state index in [0.29, 0.717) is 23.7 Å². The Bertz CT molecular complexity index is 639. The van der Waals surface area contributed by atoms with Crippen LogP contribution in [0, 0.1) is 6.92 Å². The van der Waals surface area contributed by atoms with Crippen LogP contribution < -0.4 is 10.6 Å². The summed E-state index contributed by atoms with van der Waals surface area (Å²) in [4.78, 5) is 20.9. The minimum Gasteiger partial charge on any atom is -0.378 e. The van der Waals surface area contributed by atoms with Crippen LogP contribution in [0.5, 0.6) is 0 Å². The van der Waals surface area contributed by atoms with Gasteiger partial charge in [0.25, 0.3) is 5.91 Å². The molecule has 7 nitrogen and oxygen atoms in total. The van der Waals surface area contributed by atoms with Gasteiger partial charge in [0.1, 0.15) is 5.69 Å². The van der Waals surface area contributed by atoms with Gasteiger partial charge in [-0.15, -0.1) is 0 Å². The van der Waals surface area contributed by atoms with E-state index in [0.717, 1.165) is 6.54 Å². The normalized spacial score (nSPS) is 22.3. The summed E-state index contributed by atoms with van der Waals surface area (Å²) in [6.07, 6.45) is 3.44. The van der Waals surface area contributed by atoms with Gasteiger partial charge in [0.2, 0.25) is 5.78 Å². The Morgan fingerprint density at radius 2 is 2.40 bits per heavy atom. The molecule has 3 rings (SSSR count). The second-order valence-corrected chi connectivity index (χ2v) is 4.85. The highest BCUT2D eigenvalue weighted by atomic mass is 16.5. The molecular formula is C13H17N5O2. The second kappa shape index (κ2) is 5.18. The fraction of sp³-hybridized carbons (Fsp3) is 0.462. The van der Waals surface area contributed by atoms with Crippen LogP contribution in [0.4, 0.5) is 0 Å². The predicted octanol–water partition coefficient (Wildman–Crippen LogP) is -0.246. The van der Waals surface area contributed by atoms with E-state index in [4.69, 9.17) is 4.74 Å². The van der Waals surface area contributed by atoms with Gasteiger partial charge in [-0.1, -0.05) is 0 Å². The Labute approximate surface area is 116 Å². The van der Waals surface area contributed by atoms with Crippen LogP contribution in [0.3, 0.4) is 0 Å². The molecule has 7 heteroatoms. The van der Waals surface area contributed by atoms with E-state index >= 15 is 0 Å². The lowest BCUT2D eigenvalue weighted by Gasteiger charge is -2.18. The van der Waals surface area contributed by atoms with Gasteiger partial charge in [0.15, 0.2) is 0 Å². The summed E-state index contributed by atoms with van der Waals surface area (Å²) in [5.41, 5.74) is 1.19. The van der Waals surface area contributed by atoms with Crippen molar-refractivity contribution in [1.29, 1.82) is 0 Å². The number of nitrogens with one attached hydrogen (secondary N) is 2. The van der Waals surface area contributed by atoms with Crippen LogP contribution in [0.25, 0.3) is 5.78 Å². The highest BCUT2D eigenvalue weighted by Crippen LogP contribution is 2.11. The highest BCUT2D eigenvalue weighted by Gasteiger charge is 2.29. The molecule has 1 fully saturated rings. The molecule has 3 heterocycles. The molecular weight excluding hydrogens is 258 g/mol. The van der Waals surface area contributed by atoms with E-state index in [1.807, 2.05) is 6.92 Å². The van der Waals surface area contributed by atoms with Gasteiger partial charge in [-0.3, -0.25) is 9.20 Å². The van der Waals surface area contributed by atoms with Crippen molar-refractivity contribution in [1.82, 2.24) is 25.0 Å². The first-order valence-electron chi connectivity index (χ1n) is 6.54. The topological polar surface area (TPSA) is 80.5 Å². The number of hydrogen-bond donors (Lipinski definition) is 2. The molecule has 0 aromatic carbocycles. The number of hydrogen-bond acceptors (Lipinski definition) is 5. The second-order valence-electron chi connectivity index (χ2n) is 4.85. The number of methoxy groups -OCH3 is 1. The number of carbonyl (C=O) groups excluding carboxylic acids is 1. The maximum absolute atomic E-state index is 12.5. The monoisotopic (exact) mass is 275 g/mol. The lowest BCUT2D eigenvalue weighted by molar-refractivity contribution is 0.0775. The number of imidazole rings is 1. The van der Waals surface area contributed by atoms with Gasteiger partial charge in [-0.05, 0) is 13.0 Å². The number of nitrogens with zero attached hydrogens (tertiary/aromatic N) is 3. The van der Waals surface area contributed by atoms with Crippen LogP contribution in [0.15, 0.2) is 18.5 Å². The van der Waals surface area contributed by atoms with Crippen molar-refractivity contribution in [3.05, 3.63) is 29.8 Å². The van der Waals surface area contributed by atoms with Gasteiger partial charge < -0.3 is 15.4 Å². The van der Waals surface area contributed by atoms with Crippen molar-refractivity contribution in [3.8, 4) is 0 Å². The molecule has 2 atom stereocenters. The zero-order valence-electron chi connectivity index (χ0n) is 11.5. The predicted molar refractivity (Wildman–Crippen MR) is 72.6 cm³/mol. The molecule has 0 unspecified atom stereocenters. The summed E-state index contributed by atoms with van der Waals surface area (Å²) in [6, 6.07) is 1.74. The van der Waals surface area contributed by atoms with Crippen molar-refractivity contribution >= 4 is 11.7 Å². The summed E-state index contributed by atoms with van der Waals surface area (Å²) in [5.74, 6) is 0.377. The van der Waals surface area contributed by atoms with Crippen LogP contribution in [-0.4, -0.2) is 52.6 Å². The highest BCUT2D eigenvalue weighted by molar-refractivity contribution is 5.94. The molecule has 0 radical (unpaired) electrons. The van der Waals surface area contributed by atoms with Crippen LogP contribution >= 0.6 is 0 Å². The summed E-state index contributed by atoms with van der Waals surface area (Å²) in [6.45, 7) is 3.26. The summed E-state index contributed by atoms with van der Waals surface area (Å²) in [7, 11) is 1.65. The SMILES string of the molecule is CO[C@H]1CNC[C@@H]1NC(=O)c1c(C)nc2ncccn12. The minimum atomic E-state index is -0.154. The molecule has 0 saturated carbocycles. The van der Waals surface area contributed by atoms with Crippen LogP contribution in [0.2, 0.25) is 0 Å². The number of carbonyl (C=O) groups is 1. The van der Waals surface area contributed by atoms with E-state index in [1.54, 1.807) is 30.0 Å². The third-order valence-corrected chi connectivity index (χ3v) is 3.57. The van der Waals surface area contributed by atoms with Crippen molar-refractivity contribution in [3.63, 3.8) is 0 Å². The zero-order chi connectivity index (χ0) is 14.1. The molecule has 2 aromatic rings. The molecule has 106 valence electrons. The van der Waals surface area contributed by atoms with Gasteiger partial charge >= 0.3 is 0 Å². The standard InChI is InChI=1S/C13H17N5O2/c1-8-11(18-5-3-4-15-13(18)16-8)12(19)17-9-6-14-7-10(9)20-2/h3-5,9-10,14H,6-7H2,1-2H3,(H,17,19)/t9-,10-/m0/s1. The molecule has 0 bridgehead atoms. The summed E-state index contributed by atoms with van der Waals surface area (Å²) >= 11 is 0. The van der Waals surface area contributed by atoms with Crippen molar-refractivity contribution in [2.75, 3.05) is 20.2 Å². The van der Waals surface area contributed by atoms with Gasteiger partial charge in [-0.25, -0.2) is 9.97 Å². The van der Waals surface area contributed by atoms with E-state index in [-0.39, 0.29) is 18.1 Å². The van der Waals surface area contributed by atoms with Crippen molar-refractivity contribution in [2.45, 2.75) is 19.1 Å². The first kappa shape index (κ1) is 13.0. The van der Waals surface area contributed by atoms with Crippen molar-refractivity contribution < 1.29 is 9.53 Å². The Morgan fingerprint density at radius 1 is 1.55 bits per heavy atom. The van der Waals surface area contributed by atoms with E-state index in [9.17, 15) is 4.79 Å². The summed E-state index contributed by atoms with van der Waals surface area (Å²) < 4.78 is 7.05. The average Bonchev–Trinajstić information content (AvgIpc) is 3.01. The first-order valence-corrected chi connectivity index (χ1v) is 6.54. The van der Waals surface area contributed by atoms with E-state index < -0.39 is 0 Å². The number of ether oxygens (including phenoxy) is 1. The van der Waals surface area contributed by atoms with E-state index in [1.165, 1.54) is 0 Å². The van der Waals surface area contributed by atoms with E-state index in [2.05, 4.69) is 20.6 Å². The molecule has 2 N–H and O–H groups in total. The molecule has 20 heavy (non-hydrogen) atoms. The Kier molecular flexibility index (Phi) is 3.37. The maximum atomic E-state index is 12.5. The molecule has 0 aliphatic carbocycles. The van der Waals surface area contributed by atoms with Crippen LogP contribution in [0.1, 0.15) is 16.2 Å². The Balaban J connectivity index is 1.87. The Morgan fingerprint density at radius 3 is 3.20 bits per heavy atom. The number of aromatic nitrogens is 3. The third kappa shape index (κ3) is 2.14. The Hall–Kier alpha value is -1.99. The fourth-order valence-corrected chi connectivity index (χ4v) is 2.55. The number of amides is 1. The largest absolute Gasteiger partial charge is 0.378 e. The number of fused-ring (bicyclic) bond motifs is 1. The molecule has 2 aromatic heterocycles. The van der Waals surface area contributed by atoms with Gasteiger partial charge in [-0.2, -0.15) is 0 Å². The fourth-order valence-electron chi connectivity index (χ4n) is 2.55. The molecule has 1 saturated heterocycles.